The zero-order valence-corrected chi connectivity index (χ0v) is 7.51. The molecular formula is C8H10N2OS. The Kier molecular flexibility index (Phi) is 2.82. The molecule has 0 amide bonds. The van der Waals surface area contributed by atoms with Crippen LogP contribution in [0.3, 0.4) is 0 Å². The predicted molar refractivity (Wildman–Crippen MR) is 47.6 cm³/mol. The molecule has 1 rings (SSSR count). The van der Waals surface area contributed by atoms with Crippen molar-refractivity contribution in [1.82, 2.24) is 0 Å². The Morgan fingerprint density at radius 1 is 1.75 bits per heavy atom. The number of aliphatic hydroxyl groups is 1. The van der Waals surface area contributed by atoms with Crippen LogP contribution in [0.1, 0.15) is 23.4 Å². The normalized spacial score (nSPS) is 15.2. The highest BCUT2D eigenvalue weighted by Gasteiger charge is 2.13. The lowest BCUT2D eigenvalue weighted by atomic mass is 10.1. The van der Waals surface area contributed by atoms with Gasteiger partial charge >= 0.3 is 0 Å². The Hall–Kier alpha value is -0.890. The van der Waals surface area contributed by atoms with E-state index in [-0.39, 0.29) is 6.04 Å². The molecule has 12 heavy (non-hydrogen) atoms. The van der Waals surface area contributed by atoms with Gasteiger partial charge in [-0.15, -0.1) is 11.3 Å². The van der Waals surface area contributed by atoms with E-state index in [0.717, 1.165) is 5.56 Å². The number of rotatable bonds is 2. The fourth-order valence-electron chi connectivity index (χ4n) is 0.863. The molecule has 0 saturated carbocycles. The van der Waals surface area contributed by atoms with E-state index >= 15 is 0 Å². The number of aliphatic hydroxyl groups excluding tert-OH is 1. The second-order valence-corrected chi connectivity index (χ2v) is 3.53. The molecule has 0 aromatic carbocycles. The number of nitrogens with two attached hydrogens (primary N) is 1. The molecule has 0 aliphatic heterocycles. The Balaban J connectivity index is 2.83. The molecule has 3 nitrogen and oxygen atoms in total. The molecule has 64 valence electrons. The second kappa shape index (κ2) is 3.68. The summed E-state index contributed by atoms with van der Waals surface area (Å²) in [4.78, 5) is 0.626. The molecule has 0 aliphatic rings. The SMILES string of the molecule is CC(O)C(N)c1csc(C#N)c1. The Labute approximate surface area is 75.1 Å². The monoisotopic (exact) mass is 182 g/mol. The molecule has 2 unspecified atom stereocenters. The van der Waals surface area contributed by atoms with Crippen molar-refractivity contribution < 1.29 is 5.11 Å². The molecule has 0 aliphatic carbocycles. The second-order valence-electron chi connectivity index (χ2n) is 2.62. The molecule has 2 atom stereocenters. The van der Waals surface area contributed by atoms with Gasteiger partial charge in [0.05, 0.1) is 12.1 Å². The van der Waals surface area contributed by atoms with Crippen molar-refractivity contribution in [2.45, 2.75) is 19.1 Å². The van der Waals surface area contributed by atoms with Crippen molar-refractivity contribution in [1.29, 1.82) is 5.26 Å². The topological polar surface area (TPSA) is 70.0 Å². The van der Waals surface area contributed by atoms with Gasteiger partial charge in [-0.25, -0.2) is 0 Å². The largest absolute Gasteiger partial charge is 0.391 e. The zero-order valence-electron chi connectivity index (χ0n) is 6.69. The van der Waals surface area contributed by atoms with Gasteiger partial charge in [-0.1, -0.05) is 0 Å². The minimum absolute atomic E-state index is 0.386. The smallest absolute Gasteiger partial charge is 0.110 e. The van der Waals surface area contributed by atoms with Crippen LogP contribution in [0.5, 0.6) is 0 Å². The van der Waals surface area contributed by atoms with Gasteiger partial charge in [0.15, 0.2) is 0 Å². The van der Waals surface area contributed by atoms with Crippen molar-refractivity contribution >= 4 is 11.3 Å². The summed E-state index contributed by atoms with van der Waals surface area (Å²) in [6.07, 6.45) is -0.578. The first-order chi connectivity index (χ1) is 5.65. The number of nitrogens with zero attached hydrogens (tertiary/aromatic N) is 1. The maximum atomic E-state index is 9.15. The fourth-order valence-corrected chi connectivity index (χ4v) is 1.61. The van der Waals surface area contributed by atoms with E-state index < -0.39 is 6.10 Å². The van der Waals surface area contributed by atoms with E-state index in [9.17, 15) is 0 Å². The van der Waals surface area contributed by atoms with Crippen LogP contribution in [-0.2, 0) is 0 Å². The van der Waals surface area contributed by atoms with Crippen LogP contribution in [-0.4, -0.2) is 11.2 Å². The first-order valence-corrected chi connectivity index (χ1v) is 4.45. The van der Waals surface area contributed by atoms with Gasteiger partial charge in [-0.05, 0) is 23.9 Å². The standard InChI is InChI=1S/C8H10N2OS/c1-5(11)8(10)6-2-7(3-9)12-4-6/h2,4-5,8,11H,10H2,1H3. The predicted octanol–water partition coefficient (Wildman–Crippen LogP) is 1.00. The van der Waals surface area contributed by atoms with Gasteiger partial charge in [-0.3, -0.25) is 0 Å². The van der Waals surface area contributed by atoms with Crippen molar-refractivity contribution in [2.75, 3.05) is 0 Å². The third kappa shape index (κ3) is 1.83. The van der Waals surface area contributed by atoms with Crippen LogP contribution >= 0.6 is 11.3 Å². The van der Waals surface area contributed by atoms with Crippen molar-refractivity contribution in [3.8, 4) is 6.07 Å². The summed E-state index contributed by atoms with van der Waals surface area (Å²) < 4.78 is 0. The maximum Gasteiger partial charge on any atom is 0.110 e. The van der Waals surface area contributed by atoms with Crippen LogP contribution in [0.2, 0.25) is 0 Å². The maximum absolute atomic E-state index is 9.15. The summed E-state index contributed by atoms with van der Waals surface area (Å²) in [6, 6.07) is 3.35. The third-order valence-electron chi connectivity index (χ3n) is 1.63. The van der Waals surface area contributed by atoms with E-state index in [0.29, 0.717) is 4.88 Å². The average Bonchev–Trinajstić information content (AvgIpc) is 2.50. The number of thiophene rings is 1. The summed E-state index contributed by atoms with van der Waals surface area (Å²) in [7, 11) is 0. The number of nitriles is 1. The lowest BCUT2D eigenvalue weighted by molar-refractivity contribution is 0.164. The minimum atomic E-state index is -0.578. The van der Waals surface area contributed by atoms with E-state index in [2.05, 4.69) is 0 Å². The van der Waals surface area contributed by atoms with E-state index in [4.69, 9.17) is 16.1 Å². The van der Waals surface area contributed by atoms with Crippen LogP contribution in [0.25, 0.3) is 0 Å². The Morgan fingerprint density at radius 2 is 2.42 bits per heavy atom. The quantitative estimate of drug-likeness (QED) is 0.716. The summed E-state index contributed by atoms with van der Waals surface area (Å²) in [5.41, 5.74) is 6.48. The van der Waals surface area contributed by atoms with Crippen molar-refractivity contribution in [2.24, 2.45) is 5.73 Å². The zero-order chi connectivity index (χ0) is 9.14. The molecule has 0 fully saturated rings. The first kappa shape index (κ1) is 9.20. The van der Waals surface area contributed by atoms with E-state index in [1.54, 1.807) is 18.4 Å². The van der Waals surface area contributed by atoms with Gasteiger partial charge in [0.2, 0.25) is 0 Å². The lowest BCUT2D eigenvalue weighted by Gasteiger charge is -2.11. The molecule has 4 heteroatoms. The Morgan fingerprint density at radius 3 is 2.83 bits per heavy atom. The molecule has 3 N–H and O–H groups in total. The fraction of sp³-hybridized carbons (Fsp3) is 0.375. The summed E-state index contributed by atoms with van der Waals surface area (Å²) >= 11 is 1.34. The molecular weight excluding hydrogens is 172 g/mol. The molecule has 1 aromatic rings. The van der Waals surface area contributed by atoms with Gasteiger partial charge in [-0.2, -0.15) is 5.26 Å². The third-order valence-corrected chi connectivity index (χ3v) is 2.49. The van der Waals surface area contributed by atoms with Gasteiger partial charge in [0.25, 0.3) is 0 Å². The van der Waals surface area contributed by atoms with Crippen LogP contribution in [0, 0.1) is 11.3 Å². The van der Waals surface area contributed by atoms with E-state index in [1.807, 2.05) is 6.07 Å². The molecule has 0 bridgehead atoms. The molecule has 1 aromatic heterocycles. The number of hydrogen-bond acceptors (Lipinski definition) is 4. The average molecular weight is 182 g/mol. The Bertz CT molecular complexity index is 300. The highest BCUT2D eigenvalue weighted by Crippen LogP contribution is 2.20. The minimum Gasteiger partial charge on any atom is -0.391 e. The summed E-state index contributed by atoms with van der Waals surface area (Å²) in [5.74, 6) is 0. The van der Waals surface area contributed by atoms with Crippen LogP contribution in [0.4, 0.5) is 0 Å². The van der Waals surface area contributed by atoms with E-state index in [1.165, 1.54) is 11.3 Å². The summed E-state index contributed by atoms with van der Waals surface area (Å²) in [5, 5.41) is 19.5. The van der Waals surface area contributed by atoms with Gasteiger partial charge in [0.1, 0.15) is 10.9 Å². The molecule has 0 saturated heterocycles. The van der Waals surface area contributed by atoms with Crippen molar-refractivity contribution in [3.63, 3.8) is 0 Å². The lowest BCUT2D eigenvalue weighted by Crippen LogP contribution is -2.22. The number of hydrogen-bond donors (Lipinski definition) is 2. The molecule has 1 heterocycles. The van der Waals surface area contributed by atoms with Crippen molar-refractivity contribution in [3.05, 3.63) is 21.9 Å². The summed E-state index contributed by atoms with van der Waals surface area (Å²) in [6.45, 7) is 1.63. The van der Waals surface area contributed by atoms with Gasteiger partial charge in [0, 0.05) is 0 Å². The van der Waals surface area contributed by atoms with Crippen LogP contribution < -0.4 is 5.73 Å². The van der Waals surface area contributed by atoms with Gasteiger partial charge < -0.3 is 10.8 Å². The highest BCUT2D eigenvalue weighted by atomic mass is 32.1. The highest BCUT2D eigenvalue weighted by molar-refractivity contribution is 7.10. The van der Waals surface area contributed by atoms with Crippen LogP contribution in [0.15, 0.2) is 11.4 Å². The first-order valence-electron chi connectivity index (χ1n) is 3.57. The molecule has 0 spiro atoms. The molecule has 0 radical (unpaired) electrons.